The van der Waals surface area contributed by atoms with Crippen LogP contribution in [-0.2, 0) is 4.79 Å². The molecule has 3 nitrogen and oxygen atoms in total. The maximum atomic E-state index is 11.7. The highest BCUT2D eigenvalue weighted by Crippen LogP contribution is 2.23. The fourth-order valence-corrected chi connectivity index (χ4v) is 2.87. The molecule has 16 heavy (non-hydrogen) atoms. The second-order valence-electron chi connectivity index (χ2n) is 5.29. The van der Waals surface area contributed by atoms with Crippen LogP contribution in [0.5, 0.6) is 0 Å². The lowest BCUT2D eigenvalue weighted by Gasteiger charge is -2.16. The lowest BCUT2D eigenvalue weighted by atomic mass is 10.0. The van der Waals surface area contributed by atoms with Gasteiger partial charge in [0.15, 0.2) is 0 Å². The highest BCUT2D eigenvalue weighted by atomic mass is 16.1. The summed E-state index contributed by atoms with van der Waals surface area (Å²) in [6.07, 6.45) is 8.95. The summed E-state index contributed by atoms with van der Waals surface area (Å²) < 4.78 is 0. The zero-order chi connectivity index (χ0) is 11.2. The molecule has 0 bridgehead atoms. The van der Waals surface area contributed by atoms with E-state index in [0.717, 1.165) is 38.4 Å². The van der Waals surface area contributed by atoms with Gasteiger partial charge in [0, 0.05) is 13.1 Å². The van der Waals surface area contributed by atoms with E-state index in [4.69, 9.17) is 0 Å². The number of carbonyl (C=O) groups excluding carboxylic acids is 1. The van der Waals surface area contributed by atoms with E-state index in [2.05, 4.69) is 10.6 Å². The van der Waals surface area contributed by atoms with Gasteiger partial charge < -0.3 is 10.6 Å². The van der Waals surface area contributed by atoms with Gasteiger partial charge in [0.2, 0.25) is 5.91 Å². The highest BCUT2D eigenvalue weighted by Gasteiger charge is 2.21. The lowest BCUT2D eigenvalue weighted by Crippen LogP contribution is -2.36. The molecule has 3 heteroatoms. The van der Waals surface area contributed by atoms with Crippen molar-refractivity contribution in [3.05, 3.63) is 0 Å². The van der Waals surface area contributed by atoms with Crippen molar-refractivity contribution >= 4 is 5.91 Å². The van der Waals surface area contributed by atoms with E-state index < -0.39 is 0 Å². The van der Waals surface area contributed by atoms with Crippen LogP contribution in [0.15, 0.2) is 0 Å². The van der Waals surface area contributed by atoms with E-state index in [9.17, 15) is 4.79 Å². The summed E-state index contributed by atoms with van der Waals surface area (Å²) in [6.45, 7) is 2.87. The first-order chi connectivity index (χ1) is 7.86. The SMILES string of the molecule is O=C1NCCCCC1CNCC1CCCC1. The van der Waals surface area contributed by atoms with E-state index in [-0.39, 0.29) is 11.8 Å². The summed E-state index contributed by atoms with van der Waals surface area (Å²) >= 11 is 0. The van der Waals surface area contributed by atoms with Crippen LogP contribution in [0.2, 0.25) is 0 Å². The van der Waals surface area contributed by atoms with Gasteiger partial charge in [0.25, 0.3) is 0 Å². The number of amides is 1. The van der Waals surface area contributed by atoms with Gasteiger partial charge >= 0.3 is 0 Å². The third kappa shape index (κ3) is 3.48. The standard InChI is InChI=1S/C13H24N2O/c16-13-12(7-3-4-8-15-13)10-14-9-11-5-1-2-6-11/h11-12,14H,1-10H2,(H,15,16). The average Bonchev–Trinajstić information content (AvgIpc) is 2.71. The quantitative estimate of drug-likeness (QED) is 0.763. The van der Waals surface area contributed by atoms with Gasteiger partial charge in [-0.25, -0.2) is 0 Å². The molecule has 0 aromatic carbocycles. The molecule has 0 spiro atoms. The Kier molecular flexibility index (Phi) is 4.64. The van der Waals surface area contributed by atoms with Crippen molar-refractivity contribution in [2.45, 2.75) is 44.9 Å². The van der Waals surface area contributed by atoms with E-state index in [1.807, 2.05) is 0 Å². The molecule has 2 rings (SSSR count). The average molecular weight is 224 g/mol. The van der Waals surface area contributed by atoms with Crippen molar-refractivity contribution in [2.24, 2.45) is 11.8 Å². The summed E-state index contributed by atoms with van der Waals surface area (Å²) in [6, 6.07) is 0. The summed E-state index contributed by atoms with van der Waals surface area (Å²) in [5, 5.41) is 6.49. The van der Waals surface area contributed by atoms with Gasteiger partial charge in [-0.15, -0.1) is 0 Å². The Morgan fingerprint density at radius 3 is 2.62 bits per heavy atom. The summed E-state index contributed by atoms with van der Waals surface area (Å²) in [5.74, 6) is 1.34. The maximum absolute atomic E-state index is 11.7. The lowest BCUT2D eigenvalue weighted by molar-refractivity contribution is -0.124. The molecule has 2 N–H and O–H groups in total. The molecule has 0 aromatic rings. The Hall–Kier alpha value is -0.570. The minimum atomic E-state index is 0.212. The fourth-order valence-electron chi connectivity index (χ4n) is 2.87. The van der Waals surface area contributed by atoms with Crippen LogP contribution in [0.25, 0.3) is 0 Å². The molecule has 1 atom stereocenters. The minimum absolute atomic E-state index is 0.212. The first kappa shape index (κ1) is 11.9. The van der Waals surface area contributed by atoms with Crippen molar-refractivity contribution in [3.63, 3.8) is 0 Å². The third-order valence-corrected chi connectivity index (χ3v) is 3.95. The molecule has 0 aromatic heterocycles. The molecule has 1 amide bonds. The Morgan fingerprint density at radius 1 is 1.06 bits per heavy atom. The zero-order valence-electron chi connectivity index (χ0n) is 10.1. The molecule has 1 heterocycles. The predicted molar refractivity (Wildman–Crippen MR) is 65.2 cm³/mol. The minimum Gasteiger partial charge on any atom is -0.356 e. The van der Waals surface area contributed by atoms with Crippen molar-refractivity contribution in [1.29, 1.82) is 0 Å². The Bertz CT molecular complexity index is 224. The molecule has 1 aliphatic carbocycles. The van der Waals surface area contributed by atoms with Crippen LogP contribution in [0, 0.1) is 11.8 Å². The number of carbonyl (C=O) groups is 1. The van der Waals surface area contributed by atoms with Crippen molar-refractivity contribution < 1.29 is 4.79 Å². The van der Waals surface area contributed by atoms with Gasteiger partial charge in [-0.3, -0.25) is 4.79 Å². The number of nitrogens with one attached hydrogen (secondary N) is 2. The normalized spacial score (nSPS) is 27.8. The monoisotopic (exact) mass is 224 g/mol. The van der Waals surface area contributed by atoms with Gasteiger partial charge in [0.05, 0.1) is 5.92 Å². The summed E-state index contributed by atoms with van der Waals surface area (Å²) in [7, 11) is 0. The van der Waals surface area contributed by atoms with Gasteiger partial charge in [-0.2, -0.15) is 0 Å². The number of rotatable bonds is 4. The topological polar surface area (TPSA) is 41.1 Å². The van der Waals surface area contributed by atoms with Crippen molar-refractivity contribution in [1.82, 2.24) is 10.6 Å². The molecule has 1 saturated carbocycles. The van der Waals surface area contributed by atoms with Crippen LogP contribution >= 0.6 is 0 Å². The fraction of sp³-hybridized carbons (Fsp3) is 0.923. The Morgan fingerprint density at radius 2 is 1.81 bits per heavy atom. The van der Waals surface area contributed by atoms with Crippen LogP contribution in [0.1, 0.15) is 44.9 Å². The number of hydrogen-bond donors (Lipinski definition) is 2. The zero-order valence-corrected chi connectivity index (χ0v) is 10.1. The molecular weight excluding hydrogens is 200 g/mol. The second kappa shape index (κ2) is 6.24. The third-order valence-electron chi connectivity index (χ3n) is 3.95. The summed E-state index contributed by atoms with van der Waals surface area (Å²) in [5.41, 5.74) is 0. The van der Waals surface area contributed by atoms with Crippen LogP contribution in [-0.4, -0.2) is 25.5 Å². The van der Waals surface area contributed by atoms with E-state index in [1.54, 1.807) is 0 Å². The molecule has 1 saturated heterocycles. The van der Waals surface area contributed by atoms with E-state index in [0.29, 0.717) is 0 Å². The molecular formula is C13H24N2O. The van der Waals surface area contributed by atoms with Gasteiger partial charge in [-0.05, 0) is 38.1 Å². The van der Waals surface area contributed by atoms with Gasteiger partial charge in [-0.1, -0.05) is 19.3 Å². The first-order valence-corrected chi connectivity index (χ1v) is 6.84. The second-order valence-corrected chi connectivity index (χ2v) is 5.29. The number of hydrogen-bond acceptors (Lipinski definition) is 2. The first-order valence-electron chi connectivity index (χ1n) is 6.84. The van der Waals surface area contributed by atoms with Crippen LogP contribution < -0.4 is 10.6 Å². The van der Waals surface area contributed by atoms with E-state index in [1.165, 1.54) is 32.1 Å². The van der Waals surface area contributed by atoms with Crippen molar-refractivity contribution in [3.8, 4) is 0 Å². The van der Waals surface area contributed by atoms with Crippen molar-refractivity contribution in [2.75, 3.05) is 19.6 Å². The molecule has 0 radical (unpaired) electrons. The van der Waals surface area contributed by atoms with E-state index >= 15 is 0 Å². The van der Waals surface area contributed by atoms with Crippen LogP contribution in [0.3, 0.4) is 0 Å². The molecule has 1 unspecified atom stereocenters. The smallest absolute Gasteiger partial charge is 0.224 e. The van der Waals surface area contributed by atoms with Crippen LogP contribution in [0.4, 0.5) is 0 Å². The Labute approximate surface area is 98.4 Å². The van der Waals surface area contributed by atoms with Gasteiger partial charge in [0.1, 0.15) is 0 Å². The highest BCUT2D eigenvalue weighted by molar-refractivity contribution is 5.79. The largest absolute Gasteiger partial charge is 0.356 e. The molecule has 1 aliphatic heterocycles. The molecule has 2 aliphatic rings. The maximum Gasteiger partial charge on any atom is 0.224 e. The Balaban J connectivity index is 1.65. The molecule has 2 fully saturated rings. The molecule has 92 valence electrons. The predicted octanol–water partition coefficient (Wildman–Crippen LogP) is 1.68. The summed E-state index contributed by atoms with van der Waals surface area (Å²) in [4.78, 5) is 11.7.